The predicted molar refractivity (Wildman–Crippen MR) is 300 cm³/mol. The third-order valence-electron chi connectivity index (χ3n) is 13.0. The number of fused-ring (bicyclic) bond motifs is 2. The van der Waals surface area contributed by atoms with E-state index in [2.05, 4.69) is 23.7 Å². The Labute approximate surface area is 440 Å². The van der Waals surface area contributed by atoms with Crippen molar-refractivity contribution in [1.29, 1.82) is 0 Å². The van der Waals surface area contributed by atoms with Crippen molar-refractivity contribution in [3.05, 3.63) is 195 Å². The Morgan fingerprint density at radius 1 is 0.560 bits per heavy atom. The lowest BCUT2D eigenvalue weighted by molar-refractivity contribution is -0.362. The molecule has 0 fully saturated rings. The molecule has 2 aliphatic rings. The zero-order valence-corrected chi connectivity index (χ0v) is 44.2. The van der Waals surface area contributed by atoms with Crippen LogP contribution in [0.2, 0.25) is 0 Å². The number of rotatable bonds is 19. The maximum Gasteiger partial charge on any atom is 0.738 e. The van der Waals surface area contributed by atoms with E-state index in [0.717, 1.165) is 33.6 Å². The van der Waals surface area contributed by atoms with Gasteiger partial charge in [-0.3, -0.25) is 0 Å². The van der Waals surface area contributed by atoms with Gasteiger partial charge >= 0.3 is 6.97 Å². The summed E-state index contributed by atoms with van der Waals surface area (Å²) in [6.45, 7) is 1.66. The third kappa shape index (κ3) is 12.2. The van der Waals surface area contributed by atoms with Gasteiger partial charge in [0.25, 0.3) is 0 Å². The van der Waals surface area contributed by atoms with Crippen LogP contribution in [-0.4, -0.2) is 111 Å². The molecule has 0 aliphatic carbocycles. The fraction of sp³-hybridized carbons (Fsp3) is 0.242. The van der Waals surface area contributed by atoms with Crippen molar-refractivity contribution in [1.82, 2.24) is 4.48 Å². The van der Waals surface area contributed by atoms with Crippen molar-refractivity contribution in [2.24, 2.45) is 0 Å². The molecule has 13 heteroatoms. The van der Waals surface area contributed by atoms with Crippen LogP contribution in [0, 0.1) is 30.6 Å². The van der Waals surface area contributed by atoms with Crippen molar-refractivity contribution in [3.8, 4) is 40.9 Å². The van der Waals surface area contributed by atoms with Crippen molar-refractivity contribution < 1.29 is 41.5 Å². The number of benzene rings is 5. The largest absolute Gasteiger partial charge is 0.738 e. The van der Waals surface area contributed by atoms with Gasteiger partial charge in [-0.2, -0.15) is 0 Å². The molecular formula is C62H63BF2N4O6. The number of nitrogens with zero attached hydrogens (tertiary/aromatic N) is 4. The van der Waals surface area contributed by atoms with Gasteiger partial charge in [0, 0.05) is 80.8 Å². The van der Waals surface area contributed by atoms with E-state index in [0.29, 0.717) is 102 Å². The normalized spacial score (nSPS) is 13.6. The fourth-order valence-electron chi connectivity index (χ4n) is 9.01. The van der Waals surface area contributed by atoms with Crippen molar-refractivity contribution >= 4 is 47.9 Å². The average Bonchev–Trinajstić information content (AvgIpc) is 3.88. The lowest BCUT2D eigenvalue weighted by Gasteiger charge is -2.34. The van der Waals surface area contributed by atoms with E-state index in [4.69, 9.17) is 28.4 Å². The van der Waals surface area contributed by atoms with Crippen LogP contribution in [0.4, 0.5) is 20.0 Å². The number of hydrogen-bond donors (Lipinski definition) is 0. The second kappa shape index (κ2) is 24.3. The molecule has 0 saturated carbocycles. The van der Waals surface area contributed by atoms with Gasteiger partial charge in [-0.05, 0) is 133 Å². The van der Waals surface area contributed by atoms with Crippen LogP contribution < -0.4 is 24.0 Å². The topological polar surface area (TPSA) is 69.8 Å². The minimum Gasteiger partial charge on any atom is -0.497 e. The van der Waals surface area contributed by atoms with Crippen LogP contribution in [0.25, 0.3) is 23.8 Å². The molecule has 0 saturated heterocycles. The summed E-state index contributed by atoms with van der Waals surface area (Å²) < 4.78 is 73.5. The highest BCUT2D eigenvalue weighted by Crippen LogP contribution is 2.47. The second-order valence-corrected chi connectivity index (χ2v) is 18.4. The Bertz CT molecular complexity index is 3280. The molecule has 0 amide bonds. The molecule has 0 atom stereocenters. The highest BCUT2D eigenvalue weighted by atomic mass is 19.2. The molecule has 5 aromatic carbocycles. The molecule has 384 valence electrons. The predicted octanol–water partition coefficient (Wildman–Crippen LogP) is 11.1. The summed E-state index contributed by atoms with van der Waals surface area (Å²) in [7, 11) is 12.8. The molecular weight excluding hydrogens is 946 g/mol. The SMILES string of the molecule is COCCOCCOCCOc1ccc(C2=C3C(C)=C(C#Cc4ccc(N(C)C)cc4)C(/C=C/c4ccc(OC)cc4)=[N+]3[B-](F)(F)n3c(/C=C/c4ccc(OC)cc4)c(C#Cc4ccc(N(C)C)cc4)c(C)c32)cc1. The monoisotopic (exact) mass is 1010 g/mol. The van der Waals surface area contributed by atoms with Gasteiger partial charge in [-0.1, -0.05) is 66.2 Å². The molecule has 2 aliphatic heterocycles. The number of allylic oxidation sites excluding steroid dienone is 3. The highest BCUT2D eigenvalue weighted by molar-refractivity contribution is 6.59. The first-order chi connectivity index (χ1) is 36.3. The molecule has 8 rings (SSSR count). The zero-order valence-electron chi connectivity index (χ0n) is 44.2. The Balaban J connectivity index is 1.34. The van der Waals surface area contributed by atoms with E-state index < -0.39 is 6.97 Å². The van der Waals surface area contributed by atoms with Gasteiger partial charge in [0.15, 0.2) is 11.4 Å². The molecule has 6 aromatic rings. The molecule has 0 spiro atoms. The minimum atomic E-state index is -4.68. The van der Waals surface area contributed by atoms with E-state index in [1.807, 2.05) is 185 Å². The van der Waals surface area contributed by atoms with Crippen molar-refractivity contribution in [2.45, 2.75) is 13.8 Å². The Morgan fingerprint density at radius 2 is 1.05 bits per heavy atom. The quantitative estimate of drug-likeness (QED) is 0.0452. The van der Waals surface area contributed by atoms with E-state index in [1.165, 1.54) is 8.96 Å². The van der Waals surface area contributed by atoms with Crippen LogP contribution in [0.3, 0.4) is 0 Å². The third-order valence-corrected chi connectivity index (χ3v) is 13.0. The molecule has 0 bridgehead atoms. The van der Waals surface area contributed by atoms with Gasteiger partial charge in [-0.15, -0.1) is 0 Å². The van der Waals surface area contributed by atoms with E-state index in [-0.39, 0.29) is 11.4 Å². The smallest absolute Gasteiger partial charge is 0.497 e. The lowest BCUT2D eigenvalue weighted by Crippen LogP contribution is -2.51. The molecule has 0 unspecified atom stereocenters. The number of anilines is 2. The molecule has 1 aromatic heterocycles. The number of aromatic nitrogens is 1. The number of hydrogen-bond acceptors (Lipinski definition) is 8. The summed E-state index contributed by atoms with van der Waals surface area (Å²) in [6.07, 6.45) is 7.19. The lowest BCUT2D eigenvalue weighted by atomic mass is 9.83. The van der Waals surface area contributed by atoms with Crippen molar-refractivity contribution in [3.63, 3.8) is 0 Å². The maximum absolute atomic E-state index is 18.9. The minimum absolute atomic E-state index is 0.262. The number of methoxy groups -OCH3 is 3. The van der Waals surface area contributed by atoms with Gasteiger partial charge in [0.2, 0.25) is 0 Å². The summed E-state index contributed by atoms with van der Waals surface area (Å²) in [5, 5.41) is 0. The second-order valence-electron chi connectivity index (χ2n) is 18.4. The summed E-state index contributed by atoms with van der Waals surface area (Å²) in [4.78, 5) is 4.03. The van der Waals surface area contributed by atoms with Crippen LogP contribution >= 0.6 is 0 Å². The van der Waals surface area contributed by atoms with Crippen LogP contribution in [0.15, 0.2) is 144 Å². The van der Waals surface area contributed by atoms with E-state index >= 15 is 8.63 Å². The molecule has 3 heterocycles. The van der Waals surface area contributed by atoms with E-state index in [9.17, 15) is 0 Å². The summed E-state index contributed by atoms with van der Waals surface area (Å²) >= 11 is 0. The number of halogens is 2. The molecule has 0 radical (unpaired) electrons. The first kappa shape index (κ1) is 53.2. The highest BCUT2D eigenvalue weighted by Gasteiger charge is 2.57. The van der Waals surface area contributed by atoms with Crippen molar-refractivity contribution in [2.75, 3.05) is 99.0 Å². The first-order valence-electron chi connectivity index (χ1n) is 24.8. The van der Waals surface area contributed by atoms with Gasteiger partial charge in [-0.25, -0.2) is 0 Å². The van der Waals surface area contributed by atoms with Crippen LogP contribution in [-0.2, 0) is 14.2 Å². The standard InChI is InChI=1S/C62H63BF2N4O6/c1-44-56(34-18-46-10-24-51(25-11-46)66(3)4)58(36-20-48-14-28-53(71-8)29-15-48)68-61(44)60(50-22-32-55(33-23-50)75-43-42-74-41-40-73-39-38-70-7)62-45(2)57(35-19-47-12-26-52(27-13-47)67(5)6)59(69(62)63(68,64)65)37-21-49-16-30-54(72-9)31-17-49/h10-17,20-33,36-37H,38-43H2,1-9H3/b36-20+,37-21+. The van der Waals surface area contributed by atoms with E-state index in [1.54, 1.807) is 33.5 Å². The average molecular weight is 1010 g/mol. The van der Waals surface area contributed by atoms with Gasteiger partial charge in [0.1, 0.15) is 29.4 Å². The fourth-order valence-corrected chi connectivity index (χ4v) is 9.01. The first-order valence-corrected chi connectivity index (χ1v) is 24.8. The summed E-state index contributed by atoms with van der Waals surface area (Å²) in [5.74, 6) is 15.4. The summed E-state index contributed by atoms with van der Waals surface area (Å²) in [6, 6.07) is 38.3. The Hall–Kier alpha value is -8.07. The molecule has 0 N–H and O–H groups in total. The molecule has 75 heavy (non-hydrogen) atoms. The van der Waals surface area contributed by atoms with Crippen LogP contribution in [0.1, 0.15) is 57.3 Å². The zero-order chi connectivity index (χ0) is 53.1. The van der Waals surface area contributed by atoms with Gasteiger partial charge in [0.05, 0.1) is 58.4 Å². The summed E-state index contributed by atoms with van der Waals surface area (Å²) in [5.41, 5.74) is 9.85. The maximum atomic E-state index is 18.9. The molecule has 10 nitrogen and oxygen atoms in total. The van der Waals surface area contributed by atoms with Gasteiger partial charge < -0.3 is 55.8 Å². The van der Waals surface area contributed by atoms with Crippen LogP contribution in [0.5, 0.6) is 17.2 Å². The Morgan fingerprint density at radius 3 is 1.57 bits per heavy atom. The number of ether oxygens (including phenoxy) is 6. The Kier molecular flexibility index (Phi) is 17.3.